The first kappa shape index (κ1) is 15.9. The van der Waals surface area contributed by atoms with Crippen molar-refractivity contribution in [3.63, 3.8) is 0 Å². The smallest absolute Gasteiger partial charge is 0.199 e. The molecular formula is C20H19NO4. The van der Waals surface area contributed by atoms with E-state index in [-0.39, 0.29) is 5.92 Å². The van der Waals surface area contributed by atoms with Crippen molar-refractivity contribution >= 4 is 11.5 Å². The molecule has 0 aromatic heterocycles. The Morgan fingerprint density at radius 3 is 2.64 bits per heavy atom. The number of hydrogen-bond donors (Lipinski definition) is 3. The Morgan fingerprint density at radius 2 is 1.92 bits per heavy atom. The third kappa shape index (κ3) is 2.52. The second-order valence-corrected chi connectivity index (χ2v) is 6.45. The molecule has 2 aromatic carbocycles. The van der Waals surface area contributed by atoms with Crippen LogP contribution >= 0.6 is 0 Å². The highest BCUT2D eigenvalue weighted by atomic mass is 16.5. The molecule has 0 bridgehead atoms. The topological polar surface area (TPSA) is 78.8 Å². The van der Waals surface area contributed by atoms with Gasteiger partial charge in [-0.15, -0.1) is 0 Å². The molecule has 5 heteroatoms. The standard InChI is InChI=1S/C20H19NO4/c1-11-7-8-14-13(9-11)16(12-5-3-2-4-6-12)17-19(24)18(23)15(10-22)25-20(17)21-14/h2-9,15-16,18,21-23H,10H2,1H3/t15-,16+,18-/m1/s1. The van der Waals surface area contributed by atoms with Crippen molar-refractivity contribution in [3.8, 4) is 0 Å². The van der Waals surface area contributed by atoms with Gasteiger partial charge in [-0.2, -0.15) is 0 Å². The lowest BCUT2D eigenvalue weighted by Gasteiger charge is -2.38. The van der Waals surface area contributed by atoms with Crippen LogP contribution in [0.2, 0.25) is 0 Å². The van der Waals surface area contributed by atoms with Crippen LogP contribution in [0.15, 0.2) is 60.0 Å². The minimum Gasteiger partial charge on any atom is -0.470 e. The number of fused-ring (bicyclic) bond motifs is 1. The number of nitrogens with one attached hydrogen (secondary N) is 1. The summed E-state index contributed by atoms with van der Waals surface area (Å²) in [6.45, 7) is 1.57. The summed E-state index contributed by atoms with van der Waals surface area (Å²) in [6, 6.07) is 15.7. The Bertz CT molecular complexity index is 859. The summed E-state index contributed by atoms with van der Waals surface area (Å²) in [7, 11) is 0. The summed E-state index contributed by atoms with van der Waals surface area (Å²) >= 11 is 0. The zero-order valence-corrected chi connectivity index (χ0v) is 13.8. The number of anilines is 1. The molecule has 0 radical (unpaired) electrons. The number of Topliss-reactive ketones (excluding diaryl/α,β-unsaturated/α-hetero) is 1. The maximum absolute atomic E-state index is 12.9. The monoisotopic (exact) mass is 337 g/mol. The molecule has 2 aliphatic heterocycles. The first-order valence-electron chi connectivity index (χ1n) is 8.26. The zero-order chi connectivity index (χ0) is 17.6. The van der Waals surface area contributed by atoms with Crippen LogP contribution in [0.25, 0.3) is 0 Å². The molecule has 0 fully saturated rings. The molecule has 2 aromatic rings. The summed E-state index contributed by atoms with van der Waals surface area (Å²) < 4.78 is 5.71. The Labute approximate surface area is 145 Å². The van der Waals surface area contributed by atoms with Crippen molar-refractivity contribution in [2.45, 2.75) is 25.0 Å². The van der Waals surface area contributed by atoms with Crippen LogP contribution in [0.5, 0.6) is 0 Å². The van der Waals surface area contributed by atoms with E-state index >= 15 is 0 Å². The molecule has 3 atom stereocenters. The van der Waals surface area contributed by atoms with Gasteiger partial charge < -0.3 is 20.3 Å². The Balaban J connectivity index is 1.93. The van der Waals surface area contributed by atoms with Gasteiger partial charge >= 0.3 is 0 Å². The highest BCUT2D eigenvalue weighted by molar-refractivity contribution is 6.03. The van der Waals surface area contributed by atoms with E-state index in [1.807, 2.05) is 55.5 Å². The van der Waals surface area contributed by atoms with Gasteiger partial charge in [0.2, 0.25) is 0 Å². The molecule has 0 saturated heterocycles. The molecule has 0 aliphatic carbocycles. The quantitative estimate of drug-likeness (QED) is 0.782. The number of rotatable bonds is 2. The zero-order valence-electron chi connectivity index (χ0n) is 13.8. The number of aryl methyl sites for hydroxylation is 1. The third-order valence-corrected chi connectivity index (χ3v) is 4.77. The molecule has 25 heavy (non-hydrogen) atoms. The fraction of sp³-hybridized carbons (Fsp3) is 0.250. The molecule has 128 valence electrons. The van der Waals surface area contributed by atoms with Crippen molar-refractivity contribution in [3.05, 3.63) is 76.7 Å². The Kier molecular flexibility index (Phi) is 3.82. The largest absolute Gasteiger partial charge is 0.470 e. The summed E-state index contributed by atoms with van der Waals surface area (Å²) in [4.78, 5) is 12.9. The SMILES string of the molecule is Cc1ccc2c(c1)[C@H](c1ccccc1)C1=C(N2)O[C@H](CO)[C@@H](O)C1=O. The minimum atomic E-state index is -1.37. The van der Waals surface area contributed by atoms with E-state index < -0.39 is 24.6 Å². The van der Waals surface area contributed by atoms with Crippen LogP contribution in [0.1, 0.15) is 22.6 Å². The van der Waals surface area contributed by atoms with Gasteiger partial charge in [-0.1, -0.05) is 48.0 Å². The maximum atomic E-state index is 12.9. The van der Waals surface area contributed by atoms with Gasteiger partial charge in [0.05, 0.1) is 12.2 Å². The molecule has 2 heterocycles. The highest BCUT2D eigenvalue weighted by Crippen LogP contribution is 2.44. The van der Waals surface area contributed by atoms with Crippen LogP contribution in [0.4, 0.5) is 5.69 Å². The summed E-state index contributed by atoms with van der Waals surface area (Å²) in [6.07, 6.45) is -2.33. The number of aliphatic hydroxyl groups is 2. The van der Waals surface area contributed by atoms with E-state index in [1.165, 1.54) is 0 Å². The molecule has 0 spiro atoms. The number of carbonyl (C=O) groups is 1. The predicted molar refractivity (Wildman–Crippen MR) is 93.1 cm³/mol. The number of ether oxygens (including phenoxy) is 1. The first-order valence-corrected chi connectivity index (χ1v) is 8.26. The highest BCUT2D eigenvalue weighted by Gasteiger charge is 2.44. The lowest BCUT2D eigenvalue weighted by Crippen LogP contribution is -2.46. The van der Waals surface area contributed by atoms with E-state index in [4.69, 9.17) is 4.74 Å². The first-order chi connectivity index (χ1) is 12.1. The van der Waals surface area contributed by atoms with Crippen molar-refractivity contribution < 1.29 is 19.7 Å². The van der Waals surface area contributed by atoms with E-state index in [1.54, 1.807) is 0 Å². The summed E-state index contributed by atoms with van der Waals surface area (Å²) in [5.41, 5.74) is 4.27. The molecule has 0 amide bonds. The molecule has 2 aliphatic rings. The van der Waals surface area contributed by atoms with Crippen LogP contribution in [0, 0.1) is 6.92 Å². The summed E-state index contributed by atoms with van der Waals surface area (Å²) in [5, 5.41) is 22.8. The van der Waals surface area contributed by atoms with Gasteiger partial charge in [-0.3, -0.25) is 4.79 Å². The average Bonchev–Trinajstić information content (AvgIpc) is 2.64. The van der Waals surface area contributed by atoms with E-state index in [9.17, 15) is 15.0 Å². The number of hydrogen-bond acceptors (Lipinski definition) is 5. The van der Waals surface area contributed by atoms with Crippen LogP contribution < -0.4 is 5.32 Å². The molecule has 4 rings (SSSR count). The van der Waals surface area contributed by atoms with E-state index in [2.05, 4.69) is 5.32 Å². The second kappa shape index (κ2) is 6.02. The van der Waals surface area contributed by atoms with Gasteiger partial charge in [0.25, 0.3) is 0 Å². The van der Waals surface area contributed by atoms with Gasteiger partial charge in [0.15, 0.2) is 23.9 Å². The predicted octanol–water partition coefficient (Wildman–Crippen LogP) is 2.09. The van der Waals surface area contributed by atoms with Crippen molar-refractivity contribution in [1.82, 2.24) is 0 Å². The van der Waals surface area contributed by atoms with Gasteiger partial charge in [0.1, 0.15) is 0 Å². The second-order valence-electron chi connectivity index (χ2n) is 6.45. The van der Waals surface area contributed by atoms with Gasteiger partial charge in [-0.05, 0) is 24.1 Å². The van der Waals surface area contributed by atoms with E-state index in [0.29, 0.717) is 11.5 Å². The number of aliphatic hydroxyl groups excluding tert-OH is 2. The van der Waals surface area contributed by atoms with E-state index in [0.717, 1.165) is 22.4 Å². The van der Waals surface area contributed by atoms with Gasteiger partial charge in [0, 0.05) is 11.6 Å². The summed E-state index contributed by atoms with van der Waals surface area (Å²) in [5.74, 6) is -0.414. The lowest BCUT2D eigenvalue weighted by atomic mass is 9.77. The third-order valence-electron chi connectivity index (χ3n) is 4.77. The molecule has 3 N–H and O–H groups in total. The van der Waals surface area contributed by atoms with Gasteiger partial charge in [-0.25, -0.2) is 0 Å². The number of ketones is 1. The Morgan fingerprint density at radius 1 is 1.16 bits per heavy atom. The van der Waals surface area contributed by atoms with Crippen LogP contribution in [-0.2, 0) is 9.53 Å². The van der Waals surface area contributed by atoms with Crippen LogP contribution in [-0.4, -0.2) is 34.8 Å². The molecule has 5 nitrogen and oxygen atoms in total. The fourth-order valence-electron chi connectivity index (χ4n) is 3.53. The minimum absolute atomic E-state index is 0.319. The average molecular weight is 337 g/mol. The maximum Gasteiger partial charge on any atom is 0.199 e. The number of benzene rings is 2. The molecule has 0 unspecified atom stereocenters. The van der Waals surface area contributed by atoms with Crippen LogP contribution in [0.3, 0.4) is 0 Å². The Hall–Kier alpha value is -2.63. The van der Waals surface area contributed by atoms with Crippen molar-refractivity contribution in [2.75, 3.05) is 11.9 Å². The van der Waals surface area contributed by atoms with Crippen molar-refractivity contribution in [1.29, 1.82) is 0 Å². The van der Waals surface area contributed by atoms with Crippen molar-refractivity contribution in [2.24, 2.45) is 0 Å². The number of carbonyl (C=O) groups excluding carboxylic acids is 1. The normalized spacial score (nSPS) is 24.9. The fourth-order valence-corrected chi connectivity index (χ4v) is 3.53. The lowest BCUT2D eigenvalue weighted by molar-refractivity contribution is -0.136. The molecule has 0 saturated carbocycles. The molecular weight excluding hydrogens is 318 g/mol.